The van der Waals surface area contributed by atoms with Gasteiger partial charge in [0.15, 0.2) is 0 Å². The first-order chi connectivity index (χ1) is 39.0. The maximum absolute atomic E-state index is 12.4. The molecular formula is C73H141NO5. The van der Waals surface area contributed by atoms with E-state index in [0.29, 0.717) is 19.4 Å². The first-order valence-electron chi connectivity index (χ1n) is 36.1. The first kappa shape index (κ1) is 77.3. The third-order valence-corrected chi connectivity index (χ3v) is 17.0. The highest BCUT2D eigenvalue weighted by Crippen LogP contribution is 2.19. The maximum atomic E-state index is 12.4. The average Bonchev–Trinajstić information content (AvgIpc) is 3.45. The van der Waals surface area contributed by atoms with E-state index in [0.717, 1.165) is 38.5 Å². The molecule has 0 aromatic rings. The first-order valence-corrected chi connectivity index (χ1v) is 36.1. The van der Waals surface area contributed by atoms with E-state index in [4.69, 9.17) is 4.74 Å². The van der Waals surface area contributed by atoms with Crippen LogP contribution in [0, 0.1) is 0 Å². The molecule has 2 unspecified atom stereocenters. The third kappa shape index (κ3) is 65.4. The van der Waals surface area contributed by atoms with Crippen molar-refractivity contribution in [2.45, 2.75) is 418 Å². The van der Waals surface area contributed by atoms with Crippen LogP contribution in [0.25, 0.3) is 0 Å². The van der Waals surface area contributed by atoms with Crippen molar-refractivity contribution < 1.29 is 24.5 Å². The predicted octanol–water partition coefficient (Wildman–Crippen LogP) is 23.3. The summed E-state index contributed by atoms with van der Waals surface area (Å²) in [5.74, 6) is -0.0437. The lowest BCUT2D eigenvalue weighted by Crippen LogP contribution is -2.45. The third-order valence-electron chi connectivity index (χ3n) is 17.0. The molecule has 0 bridgehead atoms. The summed E-state index contributed by atoms with van der Waals surface area (Å²) in [6.07, 6.45) is 87.3. The van der Waals surface area contributed by atoms with Gasteiger partial charge in [-0.05, 0) is 57.8 Å². The topological polar surface area (TPSA) is 95.9 Å². The summed E-state index contributed by atoms with van der Waals surface area (Å²) in [5.41, 5.74) is 0. The molecule has 0 aliphatic rings. The zero-order valence-electron chi connectivity index (χ0n) is 53.6. The highest BCUT2D eigenvalue weighted by atomic mass is 16.5. The minimum atomic E-state index is -0.838. The molecule has 79 heavy (non-hydrogen) atoms. The Balaban J connectivity index is 3.27. The fourth-order valence-corrected chi connectivity index (χ4v) is 11.5. The molecule has 6 heteroatoms. The van der Waals surface area contributed by atoms with Crippen molar-refractivity contribution in [3.05, 3.63) is 24.3 Å². The number of ether oxygens (including phenoxy) is 1. The van der Waals surface area contributed by atoms with Crippen molar-refractivity contribution in [3.8, 4) is 0 Å². The fraction of sp³-hybridized carbons (Fsp3) is 0.918. The number of nitrogens with one attached hydrogen (secondary N) is 1. The Bertz CT molecular complexity index is 1230. The number of carbonyl (C=O) groups is 2. The molecule has 6 nitrogen and oxygen atoms in total. The van der Waals surface area contributed by atoms with Gasteiger partial charge in [0.25, 0.3) is 0 Å². The molecule has 468 valence electrons. The van der Waals surface area contributed by atoms with Crippen LogP contribution in [0.3, 0.4) is 0 Å². The normalized spacial score (nSPS) is 12.6. The van der Waals surface area contributed by atoms with Gasteiger partial charge in [0.1, 0.15) is 0 Å². The molecule has 0 aliphatic heterocycles. The highest BCUT2D eigenvalue weighted by Gasteiger charge is 2.18. The number of amides is 1. The van der Waals surface area contributed by atoms with Gasteiger partial charge in [-0.3, -0.25) is 9.59 Å². The second-order valence-corrected chi connectivity index (χ2v) is 24.9. The minimum absolute atomic E-state index is 0.0200. The Labute approximate surface area is 494 Å². The molecule has 0 fully saturated rings. The van der Waals surface area contributed by atoms with Crippen molar-refractivity contribution in [1.29, 1.82) is 0 Å². The minimum Gasteiger partial charge on any atom is -0.466 e. The van der Waals surface area contributed by atoms with E-state index in [1.54, 1.807) is 6.08 Å². The number of rotatable bonds is 68. The zero-order chi connectivity index (χ0) is 57.1. The summed E-state index contributed by atoms with van der Waals surface area (Å²) < 4.78 is 5.51. The maximum Gasteiger partial charge on any atom is 0.305 e. The van der Waals surface area contributed by atoms with Gasteiger partial charge in [-0.25, -0.2) is 0 Å². The van der Waals surface area contributed by atoms with E-state index >= 15 is 0 Å². The van der Waals surface area contributed by atoms with E-state index < -0.39 is 12.1 Å². The molecule has 0 rings (SSSR count). The largest absolute Gasteiger partial charge is 0.466 e. The number of hydrogen-bond donors (Lipinski definition) is 3. The number of hydrogen-bond acceptors (Lipinski definition) is 5. The van der Waals surface area contributed by atoms with E-state index in [9.17, 15) is 19.8 Å². The van der Waals surface area contributed by atoms with Crippen LogP contribution in [-0.2, 0) is 14.3 Å². The number of aliphatic hydroxyl groups is 2. The number of allylic oxidation sites excluding steroid dienone is 3. The zero-order valence-corrected chi connectivity index (χ0v) is 53.6. The molecule has 0 saturated heterocycles. The van der Waals surface area contributed by atoms with Crippen molar-refractivity contribution in [2.75, 3.05) is 13.2 Å². The van der Waals surface area contributed by atoms with E-state index in [2.05, 4.69) is 31.3 Å². The fourth-order valence-electron chi connectivity index (χ4n) is 11.5. The van der Waals surface area contributed by atoms with E-state index in [-0.39, 0.29) is 18.5 Å². The second kappa shape index (κ2) is 68.8. The van der Waals surface area contributed by atoms with Gasteiger partial charge in [-0.15, -0.1) is 0 Å². The standard InChI is InChI=1S/C73H141NO5/c1-3-5-7-9-11-13-14-15-16-17-38-41-44-47-51-55-59-63-67-73(78)79-68-64-60-56-52-48-45-42-39-36-34-32-30-28-26-24-22-20-18-19-21-23-25-27-29-31-33-35-37-40-43-46-50-54-58-62-66-72(77)74-70(69-75)71(76)65-61-57-53-49-12-10-8-6-4-2/h16-17,61,65,70-71,75-76H,3-15,18-60,62-64,66-69H2,1-2H3,(H,74,77)/b17-16-,65-61+. The van der Waals surface area contributed by atoms with Crippen LogP contribution in [0.2, 0.25) is 0 Å². The molecule has 0 aromatic heterocycles. The van der Waals surface area contributed by atoms with Gasteiger partial charge in [0.2, 0.25) is 5.91 Å². The van der Waals surface area contributed by atoms with Gasteiger partial charge < -0.3 is 20.3 Å². The Morgan fingerprint density at radius 3 is 0.899 bits per heavy atom. The molecule has 0 spiro atoms. The Kier molecular flexibility index (Phi) is 67.4. The van der Waals surface area contributed by atoms with Gasteiger partial charge in [-0.1, -0.05) is 359 Å². The Hall–Kier alpha value is -1.66. The summed E-state index contributed by atoms with van der Waals surface area (Å²) in [5, 5.41) is 23.0. The van der Waals surface area contributed by atoms with Crippen LogP contribution in [0.5, 0.6) is 0 Å². The molecule has 0 aromatic carbocycles. The molecular weight excluding hydrogens is 971 g/mol. The van der Waals surface area contributed by atoms with Crippen LogP contribution in [0.4, 0.5) is 0 Å². The average molecular weight is 1110 g/mol. The van der Waals surface area contributed by atoms with Gasteiger partial charge in [-0.2, -0.15) is 0 Å². The molecule has 0 aliphatic carbocycles. The molecule has 1 amide bonds. The van der Waals surface area contributed by atoms with Crippen molar-refractivity contribution in [1.82, 2.24) is 5.32 Å². The molecule has 0 heterocycles. The lowest BCUT2D eigenvalue weighted by Gasteiger charge is -2.20. The predicted molar refractivity (Wildman–Crippen MR) is 347 cm³/mol. The van der Waals surface area contributed by atoms with E-state index in [1.807, 2.05) is 6.08 Å². The van der Waals surface area contributed by atoms with Crippen molar-refractivity contribution >= 4 is 11.9 Å². The lowest BCUT2D eigenvalue weighted by atomic mass is 10.0. The van der Waals surface area contributed by atoms with Gasteiger partial charge in [0, 0.05) is 12.8 Å². The number of aliphatic hydroxyl groups excluding tert-OH is 2. The molecule has 3 N–H and O–H groups in total. The summed E-state index contributed by atoms with van der Waals surface area (Å²) in [6, 6.07) is -0.621. The Morgan fingerprint density at radius 1 is 0.342 bits per heavy atom. The molecule has 2 atom stereocenters. The quantitative estimate of drug-likeness (QED) is 0.0320. The van der Waals surface area contributed by atoms with E-state index in [1.165, 1.54) is 340 Å². The van der Waals surface area contributed by atoms with Crippen LogP contribution >= 0.6 is 0 Å². The summed E-state index contributed by atoms with van der Waals surface area (Å²) in [7, 11) is 0. The summed E-state index contributed by atoms with van der Waals surface area (Å²) in [6.45, 7) is 4.91. The van der Waals surface area contributed by atoms with Crippen LogP contribution in [0.1, 0.15) is 406 Å². The molecule has 0 radical (unpaired) electrons. The SMILES string of the molecule is CCCCCCCCC/C=C\CCCCCCCCCC(=O)OCCCCCCCCCCCCCCCCCCCCCCCCCCCCCCCCCCCCCC(=O)NC(CO)C(O)/C=C/CCCCCCCCC. The second-order valence-electron chi connectivity index (χ2n) is 24.9. The van der Waals surface area contributed by atoms with Gasteiger partial charge in [0.05, 0.1) is 25.4 Å². The number of unbranched alkanes of at least 4 members (excludes halogenated alkanes) is 55. The lowest BCUT2D eigenvalue weighted by molar-refractivity contribution is -0.143. The van der Waals surface area contributed by atoms with Crippen LogP contribution in [-0.4, -0.2) is 47.4 Å². The number of esters is 1. The monoisotopic (exact) mass is 1110 g/mol. The summed E-state index contributed by atoms with van der Waals surface area (Å²) in [4.78, 5) is 24.5. The molecule has 0 saturated carbocycles. The summed E-state index contributed by atoms with van der Waals surface area (Å²) >= 11 is 0. The smallest absolute Gasteiger partial charge is 0.305 e. The van der Waals surface area contributed by atoms with Crippen LogP contribution in [0.15, 0.2) is 24.3 Å². The highest BCUT2D eigenvalue weighted by molar-refractivity contribution is 5.76. The van der Waals surface area contributed by atoms with Crippen molar-refractivity contribution in [2.24, 2.45) is 0 Å². The van der Waals surface area contributed by atoms with Crippen LogP contribution < -0.4 is 5.32 Å². The Morgan fingerprint density at radius 2 is 0.595 bits per heavy atom. The number of carbonyl (C=O) groups excluding carboxylic acids is 2. The van der Waals surface area contributed by atoms with Gasteiger partial charge >= 0.3 is 5.97 Å². The van der Waals surface area contributed by atoms with Crippen molar-refractivity contribution in [3.63, 3.8) is 0 Å².